The van der Waals surface area contributed by atoms with Crippen LogP contribution in [0, 0.1) is 12.7 Å². The fourth-order valence-corrected chi connectivity index (χ4v) is 5.52. The van der Waals surface area contributed by atoms with E-state index in [4.69, 9.17) is 9.15 Å². The number of anilines is 1. The number of halogens is 1. The molecule has 6 rings (SSSR count). The van der Waals surface area contributed by atoms with E-state index in [1.807, 2.05) is 32.0 Å². The van der Waals surface area contributed by atoms with Crippen molar-refractivity contribution in [2.45, 2.75) is 19.9 Å². The molecule has 5 aromatic rings. The Bertz CT molecular complexity index is 1690. The average molecular weight is 487 g/mol. The third-order valence-electron chi connectivity index (χ3n) is 6.08. The van der Waals surface area contributed by atoms with E-state index in [2.05, 4.69) is 4.98 Å². The molecule has 6 nitrogen and oxygen atoms in total. The highest BCUT2D eigenvalue weighted by Crippen LogP contribution is 2.44. The molecule has 0 spiro atoms. The summed E-state index contributed by atoms with van der Waals surface area (Å²) in [6, 6.07) is 16.1. The van der Waals surface area contributed by atoms with Crippen LogP contribution in [0.2, 0.25) is 0 Å². The number of nitrogens with zero attached hydrogens (tertiary/aromatic N) is 2. The smallest absolute Gasteiger partial charge is 0.297 e. The Labute approximate surface area is 203 Å². The number of thiazole rings is 1. The van der Waals surface area contributed by atoms with Gasteiger partial charge in [0.2, 0.25) is 5.76 Å². The van der Waals surface area contributed by atoms with E-state index in [-0.39, 0.29) is 22.6 Å². The van der Waals surface area contributed by atoms with Crippen LogP contribution < -0.4 is 15.1 Å². The second-order valence-corrected chi connectivity index (χ2v) is 9.37. The zero-order valence-electron chi connectivity index (χ0n) is 18.9. The molecule has 1 aliphatic heterocycles. The molecule has 0 fully saturated rings. The maximum atomic E-state index is 13.8. The molecular formula is C27H19FN2O4S. The Hall–Kier alpha value is -4.04. The summed E-state index contributed by atoms with van der Waals surface area (Å²) in [4.78, 5) is 33.5. The van der Waals surface area contributed by atoms with Gasteiger partial charge in [0.25, 0.3) is 5.91 Å². The third-order valence-corrected chi connectivity index (χ3v) is 7.10. The number of aryl methyl sites for hydroxylation is 1. The van der Waals surface area contributed by atoms with Gasteiger partial charge in [-0.3, -0.25) is 14.5 Å². The average Bonchev–Trinajstić information content (AvgIpc) is 3.38. The molecule has 2 aromatic heterocycles. The molecule has 0 aliphatic carbocycles. The van der Waals surface area contributed by atoms with Crippen molar-refractivity contribution in [3.63, 3.8) is 0 Å². The summed E-state index contributed by atoms with van der Waals surface area (Å²) in [5, 5.41) is 0.779. The Balaban J connectivity index is 1.60. The number of fused-ring (bicyclic) bond motifs is 3. The number of aromatic nitrogens is 1. The van der Waals surface area contributed by atoms with Crippen molar-refractivity contribution < 1.29 is 18.3 Å². The number of carbonyl (C=O) groups excluding carboxylic acids is 1. The summed E-state index contributed by atoms with van der Waals surface area (Å²) in [6.07, 6.45) is 0. The topological polar surface area (TPSA) is 72.6 Å². The fraction of sp³-hybridized carbons (Fsp3) is 0.148. The Morgan fingerprint density at radius 3 is 2.66 bits per heavy atom. The molecule has 1 amide bonds. The van der Waals surface area contributed by atoms with Crippen molar-refractivity contribution in [2.75, 3.05) is 11.5 Å². The van der Waals surface area contributed by atoms with Crippen molar-refractivity contribution in [2.24, 2.45) is 0 Å². The van der Waals surface area contributed by atoms with Crippen molar-refractivity contribution in [1.82, 2.24) is 4.98 Å². The van der Waals surface area contributed by atoms with Gasteiger partial charge in [0.1, 0.15) is 17.1 Å². The first kappa shape index (κ1) is 21.5. The van der Waals surface area contributed by atoms with Crippen molar-refractivity contribution in [3.8, 4) is 5.75 Å². The number of rotatable bonds is 4. The van der Waals surface area contributed by atoms with E-state index < -0.39 is 11.9 Å². The molecule has 174 valence electrons. The van der Waals surface area contributed by atoms with Crippen LogP contribution in [0.5, 0.6) is 5.75 Å². The van der Waals surface area contributed by atoms with Gasteiger partial charge < -0.3 is 9.15 Å². The first-order valence-corrected chi connectivity index (χ1v) is 12.0. The zero-order chi connectivity index (χ0) is 24.3. The molecule has 1 atom stereocenters. The highest BCUT2D eigenvalue weighted by atomic mass is 32.1. The molecule has 3 aromatic carbocycles. The van der Waals surface area contributed by atoms with Crippen molar-refractivity contribution >= 4 is 43.6 Å². The zero-order valence-corrected chi connectivity index (χ0v) is 19.7. The van der Waals surface area contributed by atoms with Crippen LogP contribution in [0.3, 0.4) is 0 Å². The van der Waals surface area contributed by atoms with Gasteiger partial charge in [0, 0.05) is 0 Å². The minimum absolute atomic E-state index is 0.00401. The number of benzene rings is 3. The largest absolute Gasteiger partial charge is 0.494 e. The lowest BCUT2D eigenvalue weighted by Crippen LogP contribution is -2.29. The Morgan fingerprint density at radius 2 is 1.89 bits per heavy atom. The second-order valence-electron chi connectivity index (χ2n) is 8.36. The van der Waals surface area contributed by atoms with Gasteiger partial charge in [0.05, 0.1) is 33.8 Å². The van der Waals surface area contributed by atoms with Crippen LogP contribution in [0.25, 0.3) is 21.2 Å². The van der Waals surface area contributed by atoms with E-state index in [1.165, 1.54) is 28.4 Å². The molecule has 1 aliphatic rings. The predicted octanol–water partition coefficient (Wildman–Crippen LogP) is 6.00. The molecule has 0 unspecified atom stereocenters. The van der Waals surface area contributed by atoms with Gasteiger partial charge in [0.15, 0.2) is 10.6 Å². The number of carbonyl (C=O) groups is 1. The minimum Gasteiger partial charge on any atom is -0.494 e. The maximum absolute atomic E-state index is 13.8. The Morgan fingerprint density at radius 1 is 1.09 bits per heavy atom. The van der Waals surface area contributed by atoms with Crippen LogP contribution in [0.4, 0.5) is 9.52 Å². The van der Waals surface area contributed by atoms with Crippen LogP contribution >= 0.6 is 11.3 Å². The van der Waals surface area contributed by atoms with Crippen LogP contribution in [-0.4, -0.2) is 17.5 Å². The summed E-state index contributed by atoms with van der Waals surface area (Å²) in [5.41, 5.74) is 2.56. The molecular weight excluding hydrogens is 467 g/mol. The van der Waals surface area contributed by atoms with Crippen LogP contribution in [-0.2, 0) is 0 Å². The highest BCUT2D eigenvalue weighted by molar-refractivity contribution is 7.22. The first-order chi connectivity index (χ1) is 16.9. The molecule has 0 saturated carbocycles. The third kappa shape index (κ3) is 3.40. The maximum Gasteiger partial charge on any atom is 0.297 e. The molecule has 8 heteroatoms. The monoisotopic (exact) mass is 486 g/mol. The summed E-state index contributed by atoms with van der Waals surface area (Å²) in [5.74, 6) is -0.164. The molecule has 0 bridgehead atoms. The van der Waals surface area contributed by atoms with Crippen LogP contribution in [0.15, 0.2) is 69.9 Å². The second kappa shape index (κ2) is 8.02. The molecule has 0 saturated heterocycles. The lowest BCUT2D eigenvalue weighted by molar-refractivity contribution is 0.0971. The van der Waals surface area contributed by atoms with Gasteiger partial charge in [-0.15, -0.1) is 0 Å². The Kier molecular flexibility index (Phi) is 4.93. The molecule has 35 heavy (non-hydrogen) atoms. The SMILES string of the molecule is CCOc1ccc([C@H]2c3c(oc4ccc(C)cc4c3=O)C(=O)N2c2nc3ccc(F)cc3s2)cc1. The number of amides is 1. The van der Waals surface area contributed by atoms with Gasteiger partial charge in [-0.2, -0.15) is 0 Å². The standard InChI is InChI=1S/C27H19FN2O4S/c1-3-33-17-8-5-15(6-9-17)23-22-24(31)18-12-14(2)4-11-20(18)34-25(22)26(32)30(23)27-29-19-10-7-16(28)13-21(19)35-27/h4-13,23H,3H2,1-2H3/t23-/m0/s1. The number of ether oxygens (including phenoxy) is 1. The summed E-state index contributed by atoms with van der Waals surface area (Å²) < 4.78 is 26.0. The van der Waals surface area contributed by atoms with E-state index in [1.54, 1.807) is 30.3 Å². The molecule has 0 N–H and O–H groups in total. The first-order valence-electron chi connectivity index (χ1n) is 11.1. The quantitative estimate of drug-likeness (QED) is 0.312. The molecule has 0 radical (unpaired) electrons. The number of hydrogen-bond donors (Lipinski definition) is 0. The molecule has 3 heterocycles. The lowest BCUT2D eigenvalue weighted by atomic mass is 9.98. The predicted molar refractivity (Wildman–Crippen MR) is 133 cm³/mol. The van der Waals surface area contributed by atoms with Gasteiger partial charge >= 0.3 is 0 Å². The summed E-state index contributed by atoms with van der Waals surface area (Å²) in [6.45, 7) is 4.32. The van der Waals surface area contributed by atoms with Crippen molar-refractivity contribution in [3.05, 3.63) is 99.2 Å². The van der Waals surface area contributed by atoms with E-state index in [0.717, 1.165) is 5.56 Å². The lowest BCUT2D eigenvalue weighted by Gasteiger charge is -2.22. The normalized spacial score (nSPS) is 15.2. The summed E-state index contributed by atoms with van der Waals surface area (Å²) in [7, 11) is 0. The van der Waals surface area contributed by atoms with Gasteiger partial charge in [-0.1, -0.05) is 35.1 Å². The fourth-order valence-electron chi connectivity index (χ4n) is 4.50. The van der Waals surface area contributed by atoms with Gasteiger partial charge in [-0.25, -0.2) is 9.37 Å². The van der Waals surface area contributed by atoms with Crippen molar-refractivity contribution in [1.29, 1.82) is 0 Å². The minimum atomic E-state index is -0.750. The van der Waals surface area contributed by atoms with E-state index in [0.29, 0.717) is 44.2 Å². The number of hydrogen-bond acceptors (Lipinski definition) is 6. The highest BCUT2D eigenvalue weighted by Gasteiger charge is 2.45. The summed E-state index contributed by atoms with van der Waals surface area (Å²) >= 11 is 1.19. The van der Waals surface area contributed by atoms with E-state index in [9.17, 15) is 14.0 Å². The van der Waals surface area contributed by atoms with Gasteiger partial charge in [-0.05, 0) is 61.9 Å². The van der Waals surface area contributed by atoms with E-state index >= 15 is 0 Å². The van der Waals surface area contributed by atoms with Crippen LogP contribution in [0.1, 0.15) is 40.2 Å².